The monoisotopic (exact) mass is 319 g/mol. The summed E-state index contributed by atoms with van der Waals surface area (Å²) in [6.07, 6.45) is 1.07. The Morgan fingerprint density at radius 1 is 1.36 bits per heavy atom. The molecule has 1 amide bonds. The summed E-state index contributed by atoms with van der Waals surface area (Å²) in [7, 11) is 0. The number of anilines is 1. The Bertz CT molecular complexity index is 778. The van der Waals surface area contributed by atoms with E-state index in [0.717, 1.165) is 17.5 Å². The van der Waals surface area contributed by atoms with Crippen molar-refractivity contribution < 1.29 is 19.1 Å². The molecule has 6 heteroatoms. The molecule has 0 saturated heterocycles. The van der Waals surface area contributed by atoms with Crippen LogP contribution in [-0.4, -0.2) is 23.5 Å². The number of nitrogens with zero attached hydrogens (tertiary/aromatic N) is 1. The van der Waals surface area contributed by atoms with Crippen molar-refractivity contribution in [3.8, 4) is 0 Å². The number of hydrogen-bond acceptors (Lipinski definition) is 3. The van der Waals surface area contributed by atoms with E-state index >= 15 is 0 Å². The molecule has 0 bridgehead atoms. The minimum absolute atomic E-state index is 0.000950. The molecule has 0 spiro atoms. The Morgan fingerprint density at radius 2 is 2.09 bits per heavy atom. The molecule has 1 aliphatic rings. The van der Waals surface area contributed by atoms with Gasteiger partial charge in [0.05, 0.1) is 5.56 Å². The van der Waals surface area contributed by atoms with Crippen molar-refractivity contribution in [2.45, 2.75) is 19.3 Å². The van der Waals surface area contributed by atoms with Gasteiger partial charge < -0.3 is 14.4 Å². The van der Waals surface area contributed by atoms with Crippen molar-refractivity contribution in [2.75, 3.05) is 11.4 Å². The normalized spacial score (nSPS) is 15.7. The molecule has 1 aliphatic heterocycles. The van der Waals surface area contributed by atoms with Gasteiger partial charge in [-0.1, -0.05) is 31.5 Å². The Balaban J connectivity index is 2.02. The number of carboxylic acid groups (broad SMARTS) is 1. The van der Waals surface area contributed by atoms with E-state index in [1.54, 1.807) is 17.0 Å². The molecular formula is C16H14ClNO4. The number of carbonyl (C=O) groups excluding carboxylic acids is 1. The number of benzene rings is 1. The lowest BCUT2D eigenvalue weighted by Crippen LogP contribution is -2.33. The van der Waals surface area contributed by atoms with Gasteiger partial charge in [0.1, 0.15) is 6.26 Å². The fourth-order valence-corrected chi connectivity index (χ4v) is 3.27. The molecule has 114 valence electrons. The van der Waals surface area contributed by atoms with Crippen LogP contribution >= 0.6 is 11.6 Å². The fraction of sp³-hybridized carbons (Fsp3) is 0.250. The van der Waals surface area contributed by atoms with Gasteiger partial charge in [-0.25, -0.2) is 4.79 Å². The van der Waals surface area contributed by atoms with E-state index in [1.165, 1.54) is 6.07 Å². The van der Waals surface area contributed by atoms with Gasteiger partial charge in [-0.3, -0.25) is 4.79 Å². The number of carboxylic acids is 1. The highest BCUT2D eigenvalue weighted by Crippen LogP contribution is 2.44. The van der Waals surface area contributed by atoms with Gasteiger partial charge in [0.15, 0.2) is 5.76 Å². The molecule has 0 atom stereocenters. The van der Waals surface area contributed by atoms with Crippen molar-refractivity contribution >= 4 is 29.2 Å². The van der Waals surface area contributed by atoms with E-state index in [-0.39, 0.29) is 22.6 Å². The van der Waals surface area contributed by atoms with Gasteiger partial charge in [0.2, 0.25) is 0 Å². The molecule has 2 aromatic rings. The molecule has 1 aromatic carbocycles. The SMILES string of the molecule is CC1(C)CN(C(=O)c2cc(C(=O)O)co2)c2cccc(Cl)c21. The standard InChI is InChI=1S/C16H14ClNO4/c1-16(2)8-18(11-5-3-4-10(17)13(11)16)14(19)12-6-9(7-22-12)15(20)21/h3-7H,8H2,1-2H3,(H,20,21). The van der Waals surface area contributed by atoms with Crippen molar-refractivity contribution in [3.05, 3.63) is 52.4 Å². The molecule has 0 unspecified atom stereocenters. The van der Waals surface area contributed by atoms with Gasteiger partial charge in [-0.05, 0) is 12.1 Å². The molecule has 22 heavy (non-hydrogen) atoms. The highest BCUT2D eigenvalue weighted by molar-refractivity contribution is 6.32. The van der Waals surface area contributed by atoms with Crippen LogP contribution < -0.4 is 4.90 Å². The highest BCUT2D eigenvalue weighted by Gasteiger charge is 2.40. The predicted molar refractivity (Wildman–Crippen MR) is 81.8 cm³/mol. The second-order valence-corrected chi connectivity index (χ2v) is 6.32. The summed E-state index contributed by atoms with van der Waals surface area (Å²) in [6.45, 7) is 4.47. The van der Waals surface area contributed by atoms with Crippen molar-refractivity contribution in [1.29, 1.82) is 0 Å². The Hall–Kier alpha value is -2.27. The first kappa shape index (κ1) is 14.7. The van der Waals surface area contributed by atoms with Crippen LogP contribution in [0.25, 0.3) is 0 Å². The summed E-state index contributed by atoms with van der Waals surface area (Å²) in [5.41, 5.74) is 1.31. The van der Waals surface area contributed by atoms with Crippen LogP contribution in [0, 0.1) is 0 Å². The Kier molecular flexibility index (Phi) is 3.25. The molecule has 0 radical (unpaired) electrons. The number of hydrogen-bond donors (Lipinski definition) is 1. The molecular weight excluding hydrogens is 306 g/mol. The van der Waals surface area contributed by atoms with Crippen LogP contribution in [-0.2, 0) is 5.41 Å². The van der Waals surface area contributed by atoms with Crippen molar-refractivity contribution in [3.63, 3.8) is 0 Å². The van der Waals surface area contributed by atoms with Crippen molar-refractivity contribution in [1.82, 2.24) is 0 Å². The highest BCUT2D eigenvalue weighted by atomic mass is 35.5. The molecule has 5 nitrogen and oxygen atoms in total. The van der Waals surface area contributed by atoms with Crippen LogP contribution in [0.4, 0.5) is 5.69 Å². The van der Waals surface area contributed by atoms with Crippen LogP contribution in [0.1, 0.15) is 40.3 Å². The van der Waals surface area contributed by atoms with Gasteiger partial charge in [-0.15, -0.1) is 0 Å². The number of amides is 1. The summed E-state index contributed by atoms with van der Waals surface area (Å²) in [5, 5.41) is 9.53. The first-order valence-electron chi connectivity index (χ1n) is 6.74. The molecule has 0 fully saturated rings. The summed E-state index contributed by atoms with van der Waals surface area (Å²) in [5.74, 6) is -1.50. The maximum Gasteiger partial charge on any atom is 0.338 e. The van der Waals surface area contributed by atoms with Crippen LogP contribution in [0.2, 0.25) is 5.02 Å². The lowest BCUT2D eigenvalue weighted by molar-refractivity contribution is 0.0696. The first-order valence-corrected chi connectivity index (χ1v) is 7.12. The topological polar surface area (TPSA) is 70.8 Å². The second kappa shape index (κ2) is 4.88. The van der Waals surface area contributed by atoms with E-state index in [2.05, 4.69) is 0 Å². The smallest absolute Gasteiger partial charge is 0.338 e. The van der Waals surface area contributed by atoms with Crippen molar-refractivity contribution in [2.24, 2.45) is 0 Å². The number of halogens is 1. The Labute approximate surface area is 132 Å². The molecule has 2 heterocycles. The second-order valence-electron chi connectivity index (χ2n) is 5.91. The van der Waals surface area contributed by atoms with Crippen LogP contribution in [0.15, 0.2) is 34.9 Å². The lowest BCUT2D eigenvalue weighted by atomic mass is 9.87. The first-order chi connectivity index (χ1) is 10.3. The third-order valence-corrected chi connectivity index (χ3v) is 4.13. The van der Waals surface area contributed by atoms with E-state index in [0.29, 0.717) is 11.6 Å². The van der Waals surface area contributed by atoms with E-state index < -0.39 is 5.97 Å². The molecule has 0 saturated carbocycles. The van der Waals surface area contributed by atoms with E-state index in [4.69, 9.17) is 21.1 Å². The quantitative estimate of drug-likeness (QED) is 0.918. The number of rotatable bonds is 2. The molecule has 3 rings (SSSR count). The maximum absolute atomic E-state index is 12.6. The minimum Gasteiger partial charge on any atom is -0.478 e. The zero-order valence-corrected chi connectivity index (χ0v) is 12.8. The van der Waals surface area contributed by atoms with Gasteiger partial charge in [-0.2, -0.15) is 0 Å². The maximum atomic E-state index is 12.6. The largest absolute Gasteiger partial charge is 0.478 e. The van der Waals surface area contributed by atoms with Gasteiger partial charge >= 0.3 is 5.97 Å². The summed E-state index contributed by atoms with van der Waals surface area (Å²) >= 11 is 6.28. The lowest BCUT2D eigenvalue weighted by Gasteiger charge is -2.20. The van der Waals surface area contributed by atoms with E-state index in [1.807, 2.05) is 19.9 Å². The number of furan rings is 1. The third kappa shape index (κ3) is 2.18. The number of fused-ring (bicyclic) bond motifs is 1. The van der Waals surface area contributed by atoms with Gasteiger partial charge in [0, 0.05) is 34.3 Å². The number of carbonyl (C=O) groups is 2. The summed E-state index contributed by atoms with van der Waals surface area (Å²) in [4.78, 5) is 25.1. The zero-order valence-electron chi connectivity index (χ0n) is 12.1. The predicted octanol–water partition coefficient (Wildman–Crippen LogP) is 3.57. The van der Waals surface area contributed by atoms with E-state index in [9.17, 15) is 9.59 Å². The van der Waals surface area contributed by atoms with Gasteiger partial charge in [0.25, 0.3) is 5.91 Å². The average molecular weight is 320 g/mol. The Morgan fingerprint density at radius 3 is 2.73 bits per heavy atom. The number of aromatic carboxylic acids is 1. The average Bonchev–Trinajstić information content (AvgIpc) is 3.02. The fourth-order valence-electron chi connectivity index (χ4n) is 2.84. The molecule has 0 aliphatic carbocycles. The summed E-state index contributed by atoms with van der Waals surface area (Å²) in [6, 6.07) is 6.65. The molecule has 1 N–H and O–H groups in total. The summed E-state index contributed by atoms with van der Waals surface area (Å²) < 4.78 is 5.11. The van der Waals surface area contributed by atoms with Crippen LogP contribution in [0.3, 0.4) is 0 Å². The third-order valence-electron chi connectivity index (χ3n) is 3.81. The zero-order chi connectivity index (χ0) is 16.1. The molecule has 1 aromatic heterocycles. The van der Waals surface area contributed by atoms with Crippen LogP contribution in [0.5, 0.6) is 0 Å². The minimum atomic E-state index is -1.13.